The smallest absolute Gasteiger partial charge is 0.326 e. The van der Waals surface area contributed by atoms with Crippen LogP contribution in [0.4, 0.5) is 0 Å². The van der Waals surface area contributed by atoms with Crippen LogP contribution in [-0.2, 0) is 24.2 Å². The Morgan fingerprint density at radius 1 is 1.19 bits per heavy atom. The van der Waals surface area contributed by atoms with Crippen LogP contribution in [0.1, 0.15) is 34.1 Å². The third-order valence-corrected chi connectivity index (χ3v) is 6.38. The van der Waals surface area contributed by atoms with Gasteiger partial charge in [0.05, 0.1) is 28.2 Å². The molecule has 1 aromatic carbocycles. The van der Waals surface area contributed by atoms with E-state index in [4.69, 9.17) is 4.74 Å². The van der Waals surface area contributed by atoms with Crippen LogP contribution in [-0.4, -0.2) is 67.2 Å². The van der Waals surface area contributed by atoms with Crippen molar-refractivity contribution in [2.24, 2.45) is 0 Å². The van der Waals surface area contributed by atoms with Crippen LogP contribution in [0.3, 0.4) is 0 Å². The number of hydrogen-bond acceptors (Lipinski definition) is 7. The topological polar surface area (TPSA) is 127 Å². The number of amides is 3. The average Bonchev–Trinajstić information content (AvgIpc) is 3.01. The Balaban J connectivity index is 1.51. The van der Waals surface area contributed by atoms with E-state index in [1.807, 2.05) is 0 Å². The lowest BCUT2D eigenvalue weighted by Gasteiger charge is -2.23. The normalized spacial score (nSPS) is 23.2. The molecule has 0 saturated carbocycles. The van der Waals surface area contributed by atoms with Crippen LogP contribution < -0.4 is 5.32 Å². The number of carbonyl (C=O) groups is 4. The van der Waals surface area contributed by atoms with E-state index in [1.54, 1.807) is 19.1 Å². The average molecular weight is 394 g/mol. The van der Waals surface area contributed by atoms with Crippen molar-refractivity contribution in [2.45, 2.75) is 18.9 Å². The van der Waals surface area contributed by atoms with Crippen molar-refractivity contribution in [1.82, 2.24) is 10.2 Å². The summed E-state index contributed by atoms with van der Waals surface area (Å²) in [4.78, 5) is 49.0. The Morgan fingerprint density at radius 2 is 1.78 bits per heavy atom. The Bertz CT molecular complexity index is 905. The molecule has 2 aliphatic heterocycles. The Kier molecular flexibility index (Phi) is 4.77. The van der Waals surface area contributed by atoms with Crippen molar-refractivity contribution in [3.05, 3.63) is 35.4 Å². The fraction of sp³-hybridized carbons (Fsp3) is 0.412. The van der Waals surface area contributed by atoms with Gasteiger partial charge in [0.15, 0.2) is 16.4 Å². The molecule has 1 aromatic rings. The van der Waals surface area contributed by atoms with Crippen LogP contribution >= 0.6 is 0 Å². The lowest BCUT2D eigenvalue weighted by atomic mass is 10.0. The number of imide groups is 1. The number of fused-ring (bicyclic) bond motifs is 1. The fourth-order valence-corrected chi connectivity index (χ4v) is 5.28. The number of benzene rings is 1. The number of carbonyl (C=O) groups excluding carboxylic acids is 4. The summed E-state index contributed by atoms with van der Waals surface area (Å²) in [5.74, 6) is -2.94. The number of ether oxygens (including phenoxy) is 1. The van der Waals surface area contributed by atoms with Gasteiger partial charge in [-0.15, -0.1) is 0 Å². The molecular formula is C17H18N2O7S. The summed E-state index contributed by atoms with van der Waals surface area (Å²) < 4.78 is 27.9. The predicted molar refractivity (Wildman–Crippen MR) is 92.6 cm³/mol. The number of esters is 1. The second-order valence-electron chi connectivity index (χ2n) is 6.85. The zero-order valence-electron chi connectivity index (χ0n) is 14.6. The van der Waals surface area contributed by atoms with Gasteiger partial charge in [0.2, 0.25) is 0 Å². The highest BCUT2D eigenvalue weighted by Gasteiger charge is 2.40. The van der Waals surface area contributed by atoms with Gasteiger partial charge in [-0.3, -0.25) is 24.1 Å². The van der Waals surface area contributed by atoms with Crippen LogP contribution in [0, 0.1) is 0 Å². The highest BCUT2D eigenvalue weighted by molar-refractivity contribution is 7.91. The van der Waals surface area contributed by atoms with Gasteiger partial charge >= 0.3 is 5.97 Å². The summed E-state index contributed by atoms with van der Waals surface area (Å²) in [6.45, 7) is 0.374. The largest absolute Gasteiger partial charge is 0.454 e. The lowest BCUT2D eigenvalue weighted by molar-refractivity contribution is -0.149. The molecule has 2 heterocycles. The van der Waals surface area contributed by atoms with Gasteiger partial charge in [0.1, 0.15) is 6.54 Å². The summed E-state index contributed by atoms with van der Waals surface area (Å²) in [7, 11) is -3.19. The van der Waals surface area contributed by atoms with Gasteiger partial charge < -0.3 is 10.1 Å². The van der Waals surface area contributed by atoms with Crippen molar-refractivity contribution in [1.29, 1.82) is 0 Å². The molecular weight excluding hydrogens is 376 g/mol. The first-order valence-corrected chi connectivity index (χ1v) is 10.0. The molecule has 3 amide bonds. The van der Waals surface area contributed by atoms with E-state index in [1.165, 1.54) is 12.1 Å². The van der Waals surface area contributed by atoms with Gasteiger partial charge in [-0.1, -0.05) is 12.1 Å². The molecule has 144 valence electrons. The zero-order chi connectivity index (χ0) is 19.8. The van der Waals surface area contributed by atoms with Gasteiger partial charge in [0.25, 0.3) is 17.7 Å². The molecule has 1 saturated heterocycles. The monoisotopic (exact) mass is 394 g/mol. The first-order valence-electron chi connectivity index (χ1n) is 8.22. The van der Waals surface area contributed by atoms with Crippen molar-refractivity contribution >= 4 is 33.5 Å². The molecule has 0 bridgehead atoms. The van der Waals surface area contributed by atoms with Crippen molar-refractivity contribution < 1.29 is 32.3 Å². The summed E-state index contributed by atoms with van der Waals surface area (Å²) >= 11 is 0. The van der Waals surface area contributed by atoms with E-state index in [9.17, 15) is 27.6 Å². The molecule has 1 N–H and O–H groups in total. The first-order chi connectivity index (χ1) is 12.6. The van der Waals surface area contributed by atoms with Gasteiger partial charge in [0, 0.05) is 0 Å². The maximum Gasteiger partial charge on any atom is 0.326 e. The summed E-state index contributed by atoms with van der Waals surface area (Å²) in [6, 6.07) is 6.20. The highest BCUT2D eigenvalue weighted by Crippen LogP contribution is 2.23. The molecule has 2 aliphatic rings. The molecule has 0 radical (unpaired) electrons. The second-order valence-corrected chi connectivity index (χ2v) is 9.04. The van der Waals surface area contributed by atoms with Crippen LogP contribution in [0.15, 0.2) is 24.3 Å². The Labute approximate surface area is 155 Å². The van der Waals surface area contributed by atoms with Gasteiger partial charge in [-0.25, -0.2) is 8.42 Å². The molecule has 0 aliphatic carbocycles. The molecule has 0 unspecified atom stereocenters. The Hall–Kier alpha value is -2.75. The number of nitrogens with one attached hydrogen (secondary N) is 1. The third-order valence-electron chi connectivity index (χ3n) is 4.47. The molecule has 0 spiro atoms. The SMILES string of the molecule is C[C@@]1(NC(=O)COC(=O)CN2C(=O)c3ccccc3C2=O)CCS(=O)(=O)C1. The molecule has 27 heavy (non-hydrogen) atoms. The van der Waals surface area contributed by atoms with E-state index in [0.29, 0.717) is 0 Å². The van der Waals surface area contributed by atoms with E-state index < -0.39 is 52.2 Å². The summed E-state index contributed by atoms with van der Waals surface area (Å²) in [5, 5.41) is 2.55. The number of hydrogen-bond donors (Lipinski definition) is 1. The summed E-state index contributed by atoms with van der Waals surface area (Å²) in [6.07, 6.45) is 0.282. The van der Waals surface area contributed by atoms with Crippen LogP contribution in [0.25, 0.3) is 0 Å². The standard InChI is InChI=1S/C17H18N2O7S/c1-17(6-7-27(24,25)10-17)18-13(20)9-26-14(21)8-19-15(22)11-4-2-3-5-12(11)16(19)23/h2-5H,6-10H2,1H3,(H,18,20)/t17-/m1/s1. The maximum absolute atomic E-state index is 12.2. The Morgan fingerprint density at radius 3 is 2.30 bits per heavy atom. The van der Waals surface area contributed by atoms with Crippen molar-refractivity contribution in [3.63, 3.8) is 0 Å². The van der Waals surface area contributed by atoms with E-state index in [-0.39, 0.29) is 29.1 Å². The second kappa shape index (κ2) is 6.76. The summed E-state index contributed by atoms with van der Waals surface area (Å²) in [5.41, 5.74) is -0.475. The van der Waals surface area contributed by atoms with Gasteiger partial charge in [-0.2, -0.15) is 0 Å². The zero-order valence-corrected chi connectivity index (χ0v) is 15.4. The minimum absolute atomic E-state index is 0.0106. The minimum Gasteiger partial charge on any atom is -0.454 e. The number of nitrogens with zero attached hydrogens (tertiary/aromatic N) is 1. The predicted octanol–water partition coefficient (Wildman–Crippen LogP) is -0.481. The molecule has 1 atom stereocenters. The highest BCUT2D eigenvalue weighted by atomic mass is 32.2. The molecule has 9 nitrogen and oxygen atoms in total. The quantitative estimate of drug-likeness (QED) is 0.528. The molecule has 10 heteroatoms. The third kappa shape index (κ3) is 4.00. The van der Waals surface area contributed by atoms with Crippen LogP contribution in [0.2, 0.25) is 0 Å². The molecule has 0 aromatic heterocycles. The molecule has 3 rings (SSSR count). The van der Waals surface area contributed by atoms with Gasteiger partial charge in [-0.05, 0) is 25.5 Å². The maximum atomic E-state index is 12.2. The number of rotatable bonds is 5. The number of sulfone groups is 1. The minimum atomic E-state index is -3.19. The van der Waals surface area contributed by atoms with Crippen molar-refractivity contribution in [3.8, 4) is 0 Å². The van der Waals surface area contributed by atoms with Crippen molar-refractivity contribution in [2.75, 3.05) is 24.7 Å². The van der Waals surface area contributed by atoms with E-state index in [0.717, 1.165) is 4.90 Å². The van der Waals surface area contributed by atoms with E-state index >= 15 is 0 Å². The first kappa shape index (κ1) is 19.0. The van der Waals surface area contributed by atoms with E-state index in [2.05, 4.69) is 5.32 Å². The lowest BCUT2D eigenvalue weighted by Crippen LogP contribution is -2.48. The molecule has 1 fully saturated rings. The van der Waals surface area contributed by atoms with Crippen LogP contribution in [0.5, 0.6) is 0 Å². The fourth-order valence-electron chi connectivity index (χ4n) is 3.19.